The van der Waals surface area contributed by atoms with Crippen LogP contribution in [-0.4, -0.2) is 26.0 Å². The van der Waals surface area contributed by atoms with E-state index in [2.05, 4.69) is 15.5 Å². The van der Waals surface area contributed by atoms with Crippen LogP contribution in [0, 0.1) is 0 Å². The van der Waals surface area contributed by atoms with Crippen molar-refractivity contribution in [1.82, 2.24) is 0 Å². The number of amides is 1. The van der Waals surface area contributed by atoms with E-state index in [1.165, 1.54) is 31.4 Å². The number of anilines is 1. The first-order chi connectivity index (χ1) is 18.0. The number of rotatable bonds is 7. The zero-order valence-electron chi connectivity index (χ0n) is 21.0. The molecule has 0 saturated heterocycles. The zero-order chi connectivity index (χ0) is 27.6. The third-order valence-electron chi connectivity index (χ3n) is 5.69. The summed E-state index contributed by atoms with van der Waals surface area (Å²) in [6, 6.07) is 15.2. The fourth-order valence-corrected chi connectivity index (χ4v) is 4.90. The molecule has 0 spiro atoms. The molecule has 0 bridgehead atoms. The number of halogens is 2. The van der Waals surface area contributed by atoms with Gasteiger partial charge in [0, 0.05) is 22.0 Å². The average molecular weight is 596 g/mol. The summed E-state index contributed by atoms with van der Waals surface area (Å²) < 4.78 is 38.7. The molecule has 0 aromatic heterocycles. The number of ether oxygens (including phenoxy) is 1. The maximum Gasteiger partial charge on any atom is 1.00 e. The minimum atomic E-state index is -4.71. The van der Waals surface area contributed by atoms with Crippen molar-refractivity contribution in [2.75, 3.05) is 12.4 Å². The van der Waals surface area contributed by atoms with Crippen molar-refractivity contribution < 1.29 is 57.2 Å². The first kappa shape index (κ1) is 30.8. The molecule has 0 unspecified atom stereocenters. The molecule has 0 heterocycles. The van der Waals surface area contributed by atoms with Crippen molar-refractivity contribution in [3.8, 4) is 11.5 Å². The van der Waals surface area contributed by atoms with Crippen molar-refractivity contribution in [3.63, 3.8) is 0 Å². The molecule has 4 aromatic rings. The molecule has 196 valence electrons. The Morgan fingerprint density at radius 1 is 1.05 bits per heavy atom. The second kappa shape index (κ2) is 12.6. The Hall–Kier alpha value is -2.70. The number of nitrogens with zero attached hydrogens (tertiary/aromatic N) is 2. The number of nitrogens with one attached hydrogen (secondary N) is 1. The SMILES string of the molecule is CCc1cc(N=Nc2c([O-])c(C(=O)Nc3cc(OC)ccc3Cl)cc3ccccc23)c(S(=O)(=O)O)cc1Cl.[Na+]. The van der Waals surface area contributed by atoms with Gasteiger partial charge in [0.1, 0.15) is 16.3 Å². The van der Waals surface area contributed by atoms with Gasteiger partial charge in [-0.25, -0.2) is 0 Å². The van der Waals surface area contributed by atoms with Crippen LogP contribution in [-0.2, 0) is 16.5 Å². The van der Waals surface area contributed by atoms with Crippen LogP contribution < -0.4 is 44.7 Å². The summed E-state index contributed by atoms with van der Waals surface area (Å²) in [6.45, 7) is 1.80. The van der Waals surface area contributed by atoms with Crippen LogP contribution in [0.4, 0.5) is 17.1 Å². The topological polar surface area (TPSA) is 140 Å². The minimum Gasteiger partial charge on any atom is -0.870 e. The van der Waals surface area contributed by atoms with Crippen molar-refractivity contribution >= 4 is 67.1 Å². The third kappa shape index (κ3) is 6.72. The maximum absolute atomic E-state index is 13.4. The fourth-order valence-electron chi connectivity index (χ4n) is 3.74. The quantitative estimate of drug-likeness (QED) is 0.189. The van der Waals surface area contributed by atoms with Gasteiger partial charge in [0.25, 0.3) is 16.0 Å². The van der Waals surface area contributed by atoms with Gasteiger partial charge in [-0.2, -0.15) is 13.5 Å². The second-order valence-corrected chi connectivity index (χ2v) is 10.3. The van der Waals surface area contributed by atoms with Gasteiger partial charge in [0.15, 0.2) is 0 Å². The van der Waals surface area contributed by atoms with Gasteiger partial charge >= 0.3 is 29.6 Å². The Labute approximate surface area is 256 Å². The number of benzene rings is 4. The molecule has 0 saturated carbocycles. The van der Waals surface area contributed by atoms with E-state index in [4.69, 9.17) is 27.9 Å². The van der Waals surface area contributed by atoms with E-state index in [1.807, 2.05) is 0 Å². The first-order valence-corrected chi connectivity index (χ1v) is 13.3. The second-order valence-electron chi connectivity index (χ2n) is 8.06. The summed E-state index contributed by atoms with van der Waals surface area (Å²) in [4.78, 5) is 12.6. The molecule has 4 rings (SSSR count). The van der Waals surface area contributed by atoms with Crippen molar-refractivity contribution in [2.45, 2.75) is 18.2 Å². The van der Waals surface area contributed by atoms with Gasteiger partial charge in [0.05, 0.1) is 23.5 Å². The molecule has 2 N–H and O–H groups in total. The zero-order valence-corrected chi connectivity index (χ0v) is 25.4. The third-order valence-corrected chi connectivity index (χ3v) is 7.25. The molecule has 0 aliphatic rings. The van der Waals surface area contributed by atoms with Gasteiger partial charge in [-0.05, 0) is 47.7 Å². The smallest absolute Gasteiger partial charge is 0.870 e. The molecule has 0 aliphatic carbocycles. The van der Waals surface area contributed by atoms with E-state index in [0.717, 1.165) is 6.07 Å². The molecular weight excluding hydrogens is 576 g/mol. The number of methoxy groups -OCH3 is 1. The Morgan fingerprint density at radius 3 is 2.44 bits per heavy atom. The van der Waals surface area contributed by atoms with E-state index >= 15 is 0 Å². The number of carbonyl (C=O) groups is 1. The summed E-state index contributed by atoms with van der Waals surface area (Å²) in [5.41, 5.74) is 0.146. The molecule has 4 aromatic carbocycles. The number of hydrogen-bond donors (Lipinski definition) is 2. The van der Waals surface area contributed by atoms with Gasteiger partial charge in [-0.15, -0.1) is 5.11 Å². The molecule has 0 fully saturated rings. The monoisotopic (exact) mass is 595 g/mol. The summed E-state index contributed by atoms with van der Waals surface area (Å²) in [5.74, 6) is -1.04. The van der Waals surface area contributed by atoms with E-state index in [1.54, 1.807) is 37.3 Å². The Bertz CT molecular complexity index is 1710. The molecular formula is C26H20Cl2N3NaO6S. The van der Waals surface area contributed by atoms with Crippen LogP contribution in [0.25, 0.3) is 10.8 Å². The summed E-state index contributed by atoms with van der Waals surface area (Å²) in [6.07, 6.45) is 0.450. The van der Waals surface area contributed by atoms with Crippen LogP contribution in [0.5, 0.6) is 11.5 Å². The van der Waals surface area contributed by atoms with Gasteiger partial charge < -0.3 is 15.2 Å². The molecule has 0 atom stereocenters. The Kier molecular flexibility index (Phi) is 10.0. The van der Waals surface area contributed by atoms with Crippen LogP contribution in [0.15, 0.2) is 75.8 Å². The first-order valence-electron chi connectivity index (χ1n) is 11.1. The average Bonchev–Trinajstić information content (AvgIpc) is 2.88. The Morgan fingerprint density at radius 2 is 1.77 bits per heavy atom. The molecule has 9 nitrogen and oxygen atoms in total. The van der Waals surface area contributed by atoms with Crippen molar-refractivity contribution in [1.29, 1.82) is 0 Å². The number of fused-ring (bicyclic) bond motifs is 1. The van der Waals surface area contributed by atoms with Gasteiger partial charge in [-0.3, -0.25) is 9.35 Å². The predicted octanol–water partition coefficient (Wildman–Crippen LogP) is 3.71. The maximum atomic E-state index is 13.4. The van der Waals surface area contributed by atoms with E-state index in [-0.39, 0.29) is 62.2 Å². The molecule has 0 radical (unpaired) electrons. The predicted molar refractivity (Wildman–Crippen MR) is 144 cm³/mol. The molecule has 1 amide bonds. The largest absolute Gasteiger partial charge is 1.00 e. The van der Waals surface area contributed by atoms with Crippen molar-refractivity contribution in [3.05, 3.63) is 81.8 Å². The normalized spacial score (nSPS) is 11.4. The van der Waals surface area contributed by atoms with Gasteiger partial charge in [0.2, 0.25) is 0 Å². The van der Waals surface area contributed by atoms with Crippen LogP contribution >= 0.6 is 23.2 Å². The molecule has 13 heteroatoms. The summed E-state index contributed by atoms with van der Waals surface area (Å²) in [7, 11) is -3.25. The van der Waals surface area contributed by atoms with Crippen LogP contribution in [0.3, 0.4) is 0 Å². The Balaban J connectivity index is 0.00000420. The molecule has 0 aliphatic heterocycles. The minimum absolute atomic E-state index is 0. The summed E-state index contributed by atoms with van der Waals surface area (Å²) >= 11 is 12.3. The standard InChI is InChI=1S/C26H21Cl2N3O6S.Na/c1-3-14-11-22(23(13-20(14)28)38(34,35)36)30-31-24-17-7-5-4-6-15(17)10-18(25(24)32)26(33)29-21-12-16(37-2)8-9-19(21)27;/h4-13,32H,3H2,1-2H3,(H,29,33)(H,34,35,36);/q;+1/p-1. The van der Waals surface area contributed by atoms with Crippen LogP contribution in [0.2, 0.25) is 10.0 Å². The van der Waals surface area contributed by atoms with E-state index in [9.17, 15) is 22.9 Å². The number of azo groups is 1. The van der Waals surface area contributed by atoms with Crippen LogP contribution in [0.1, 0.15) is 22.8 Å². The molecule has 39 heavy (non-hydrogen) atoms. The number of aryl methyl sites for hydroxylation is 1. The van der Waals surface area contributed by atoms with E-state index < -0.39 is 26.7 Å². The number of hydrogen-bond acceptors (Lipinski definition) is 7. The van der Waals surface area contributed by atoms with E-state index in [0.29, 0.717) is 28.5 Å². The van der Waals surface area contributed by atoms with Gasteiger partial charge in [-0.1, -0.05) is 60.1 Å². The summed E-state index contributed by atoms with van der Waals surface area (Å²) in [5, 5.41) is 25.3. The van der Waals surface area contributed by atoms with Crippen molar-refractivity contribution in [2.24, 2.45) is 10.2 Å². The number of carbonyl (C=O) groups excluding carboxylic acids is 1. The fraction of sp³-hybridized carbons (Fsp3) is 0.115.